The Morgan fingerprint density at radius 1 is 1.25 bits per heavy atom. The zero-order valence-electron chi connectivity index (χ0n) is 7.58. The van der Waals surface area contributed by atoms with Crippen molar-refractivity contribution in [3.63, 3.8) is 0 Å². The Labute approximate surface area is 92.6 Å². The minimum atomic E-state index is -0.777. The third-order valence-electron chi connectivity index (χ3n) is 1.35. The number of hydrogen-bond donors (Lipinski definition) is 1. The SMILES string of the molecule is CI.C[As](C)c1cccc(O)c1. The first-order valence-corrected chi connectivity index (χ1v) is 10.4. The Morgan fingerprint density at radius 3 is 2.17 bits per heavy atom. The van der Waals surface area contributed by atoms with Gasteiger partial charge in [0.05, 0.1) is 0 Å². The molecule has 0 unspecified atom stereocenters. The van der Waals surface area contributed by atoms with Gasteiger partial charge in [-0.05, 0) is 4.93 Å². The number of aromatic hydroxyl groups is 1. The predicted molar refractivity (Wildman–Crippen MR) is 65.2 cm³/mol. The van der Waals surface area contributed by atoms with Crippen LogP contribution in [-0.2, 0) is 0 Å². The summed E-state index contributed by atoms with van der Waals surface area (Å²) in [5.74, 6) is 0.389. The monoisotopic (exact) mass is 340 g/mol. The van der Waals surface area contributed by atoms with E-state index in [1.165, 1.54) is 4.35 Å². The molecule has 0 heterocycles. The van der Waals surface area contributed by atoms with Crippen molar-refractivity contribution in [2.24, 2.45) is 0 Å². The number of hydrogen-bond acceptors (Lipinski definition) is 1. The zero-order valence-corrected chi connectivity index (χ0v) is 11.6. The third-order valence-corrected chi connectivity index (χ3v) is 4.10. The van der Waals surface area contributed by atoms with Crippen molar-refractivity contribution in [3.8, 4) is 5.75 Å². The van der Waals surface area contributed by atoms with E-state index >= 15 is 0 Å². The van der Waals surface area contributed by atoms with Gasteiger partial charge in [0.15, 0.2) is 0 Å². The van der Waals surface area contributed by atoms with Gasteiger partial charge in [0, 0.05) is 0 Å². The predicted octanol–water partition coefficient (Wildman–Crippen LogP) is 2.40. The summed E-state index contributed by atoms with van der Waals surface area (Å²) >= 11 is 1.37. The maximum absolute atomic E-state index is 9.09. The number of phenolic OH excluding ortho intramolecular Hbond substituents is 1. The summed E-state index contributed by atoms with van der Waals surface area (Å²) < 4.78 is 1.33. The van der Waals surface area contributed by atoms with Crippen molar-refractivity contribution in [3.05, 3.63) is 24.3 Å². The average molecular weight is 340 g/mol. The van der Waals surface area contributed by atoms with E-state index in [0.717, 1.165) is 0 Å². The Balaban J connectivity index is 0.000000561. The van der Waals surface area contributed by atoms with Crippen molar-refractivity contribution in [1.29, 1.82) is 0 Å². The second-order valence-electron chi connectivity index (χ2n) is 2.41. The molecule has 1 N–H and O–H groups in total. The van der Waals surface area contributed by atoms with Crippen molar-refractivity contribution < 1.29 is 5.11 Å². The van der Waals surface area contributed by atoms with Crippen molar-refractivity contribution in [1.82, 2.24) is 0 Å². The second-order valence-corrected chi connectivity index (χ2v) is 7.25. The van der Waals surface area contributed by atoms with Crippen LogP contribution in [0, 0.1) is 0 Å². The van der Waals surface area contributed by atoms with E-state index in [4.69, 9.17) is 5.11 Å². The van der Waals surface area contributed by atoms with Gasteiger partial charge in [-0.2, -0.15) is 0 Å². The summed E-state index contributed by atoms with van der Waals surface area (Å²) in [6.07, 6.45) is 0. The van der Waals surface area contributed by atoms with E-state index in [9.17, 15) is 0 Å². The number of alkyl halides is 1. The van der Waals surface area contributed by atoms with Gasteiger partial charge in [0.1, 0.15) is 0 Å². The molecule has 0 aliphatic carbocycles. The summed E-state index contributed by atoms with van der Waals surface area (Å²) in [4.78, 5) is 1.97. The van der Waals surface area contributed by atoms with Crippen LogP contribution in [0.3, 0.4) is 0 Å². The van der Waals surface area contributed by atoms with E-state index in [-0.39, 0.29) is 0 Å². The van der Waals surface area contributed by atoms with Crippen LogP contribution in [0.25, 0.3) is 0 Å². The number of rotatable bonds is 1. The molecule has 1 nitrogen and oxygen atoms in total. The van der Waals surface area contributed by atoms with Gasteiger partial charge in [-0.25, -0.2) is 0 Å². The van der Waals surface area contributed by atoms with Gasteiger partial charge >= 0.3 is 65.5 Å². The molecule has 0 fully saturated rings. The standard InChI is InChI=1S/C8H11AsO.CH3I/c1-9(2)7-4-3-5-8(10)6-7;1-2/h3-6,10H,1-2H3;1H3. The molecule has 0 saturated heterocycles. The summed E-state index contributed by atoms with van der Waals surface area (Å²) in [6.45, 7) is 0. The fourth-order valence-electron chi connectivity index (χ4n) is 0.771. The molecule has 1 rings (SSSR count). The van der Waals surface area contributed by atoms with Crippen molar-refractivity contribution in [2.45, 2.75) is 11.4 Å². The van der Waals surface area contributed by atoms with E-state index in [1.807, 2.05) is 17.1 Å². The molecular formula is C9H14AsIO. The molecule has 0 saturated carbocycles. The Morgan fingerprint density at radius 2 is 1.83 bits per heavy atom. The Hall–Kier alpha value is 0.308. The molecule has 12 heavy (non-hydrogen) atoms. The second kappa shape index (κ2) is 6.78. The van der Waals surface area contributed by atoms with Crippen LogP contribution in [0.5, 0.6) is 5.75 Å². The van der Waals surface area contributed by atoms with Gasteiger partial charge in [-0.1, -0.05) is 22.6 Å². The average Bonchev–Trinajstić information content (AvgIpc) is 2.08. The van der Waals surface area contributed by atoms with Crippen LogP contribution in [-0.4, -0.2) is 24.7 Å². The molecule has 0 radical (unpaired) electrons. The first-order chi connectivity index (χ1) is 5.70. The van der Waals surface area contributed by atoms with Crippen LogP contribution in [0.4, 0.5) is 0 Å². The number of phenols is 1. The molecule has 1 aromatic carbocycles. The van der Waals surface area contributed by atoms with Gasteiger partial charge in [-0.15, -0.1) is 0 Å². The van der Waals surface area contributed by atoms with Crippen molar-refractivity contribution in [2.75, 3.05) is 4.93 Å². The quantitative estimate of drug-likeness (QED) is 0.473. The van der Waals surface area contributed by atoms with E-state index in [1.54, 1.807) is 6.07 Å². The first-order valence-electron chi connectivity index (χ1n) is 3.54. The van der Waals surface area contributed by atoms with Crippen LogP contribution in [0.2, 0.25) is 11.4 Å². The molecule has 68 valence electrons. The van der Waals surface area contributed by atoms with E-state index < -0.39 is 14.7 Å². The van der Waals surface area contributed by atoms with E-state index in [0.29, 0.717) is 5.75 Å². The molecule has 0 atom stereocenters. The van der Waals surface area contributed by atoms with Gasteiger partial charge in [-0.3, -0.25) is 0 Å². The van der Waals surface area contributed by atoms with Crippen molar-refractivity contribution >= 4 is 41.6 Å². The molecule has 0 amide bonds. The third kappa shape index (κ3) is 4.36. The zero-order chi connectivity index (χ0) is 9.56. The molecule has 0 aromatic heterocycles. The van der Waals surface area contributed by atoms with Gasteiger partial charge < -0.3 is 0 Å². The Kier molecular flexibility index (Phi) is 6.96. The van der Waals surface area contributed by atoms with Crippen LogP contribution in [0.1, 0.15) is 0 Å². The molecule has 0 aliphatic heterocycles. The maximum atomic E-state index is 9.09. The van der Waals surface area contributed by atoms with Gasteiger partial charge in [0.2, 0.25) is 0 Å². The van der Waals surface area contributed by atoms with Crippen LogP contribution >= 0.6 is 22.6 Å². The van der Waals surface area contributed by atoms with Crippen LogP contribution < -0.4 is 4.35 Å². The van der Waals surface area contributed by atoms with E-state index in [2.05, 4.69) is 40.1 Å². The molecule has 0 aliphatic rings. The molecule has 1 aromatic rings. The minimum absolute atomic E-state index is 0.389. The first kappa shape index (κ1) is 12.3. The number of halogens is 1. The van der Waals surface area contributed by atoms with Crippen LogP contribution in [0.15, 0.2) is 24.3 Å². The fourth-order valence-corrected chi connectivity index (χ4v) is 2.40. The fraction of sp³-hybridized carbons (Fsp3) is 0.333. The topological polar surface area (TPSA) is 20.2 Å². The van der Waals surface area contributed by atoms with Gasteiger partial charge in [0.25, 0.3) is 0 Å². The molecule has 0 bridgehead atoms. The molecule has 0 spiro atoms. The number of benzene rings is 1. The normalized spacial score (nSPS) is 9.08. The summed E-state index contributed by atoms with van der Waals surface area (Å²) in [5.41, 5.74) is 4.50. The molecular weight excluding hydrogens is 326 g/mol. The summed E-state index contributed by atoms with van der Waals surface area (Å²) in [7, 11) is 0. The summed E-state index contributed by atoms with van der Waals surface area (Å²) in [6, 6.07) is 7.56. The molecule has 3 heteroatoms. The summed E-state index contributed by atoms with van der Waals surface area (Å²) in [5, 5.41) is 9.09. The Bertz CT molecular complexity index is 226.